The van der Waals surface area contributed by atoms with E-state index in [9.17, 15) is 28.0 Å². The van der Waals surface area contributed by atoms with Crippen LogP contribution >= 0.6 is 0 Å². The number of nitrogens with zero attached hydrogens (tertiary/aromatic N) is 1. The average molecular weight is 366 g/mol. The fourth-order valence-corrected chi connectivity index (χ4v) is 2.87. The second kappa shape index (κ2) is 6.47. The second-order valence-corrected chi connectivity index (χ2v) is 6.51. The number of carbonyl (C=O) groups excluding carboxylic acids is 4. The van der Waals surface area contributed by atoms with Crippen LogP contribution in [-0.4, -0.2) is 47.3 Å². The third kappa shape index (κ3) is 3.29. The fourth-order valence-electron chi connectivity index (χ4n) is 2.87. The number of hydrogen-bond acceptors (Lipinski definition) is 5. The summed E-state index contributed by atoms with van der Waals surface area (Å²) in [5, 5.41) is 2.59. The van der Waals surface area contributed by atoms with Crippen LogP contribution in [0.15, 0.2) is 18.2 Å². The lowest BCUT2D eigenvalue weighted by Crippen LogP contribution is -2.46. The minimum Gasteiger partial charge on any atom is -0.456 e. The zero-order valence-electron chi connectivity index (χ0n) is 13.9. The van der Waals surface area contributed by atoms with Crippen molar-refractivity contribution in [2.45, 2.75) is 25.3 Å². The van der Waals surface area contributed by atoms with Gasteiger partial charge >= 0.3 is 12.0 Å². The largest absolute Gasteiger partial charge is 0.456 e. The monoisotopic (exact) mass is 366 g/mol. The van der Waals surface area contributed by atoms with Crippen molar-refractivity contribution in [3.05, 3.63) is 35.4 Å². The lowest BCUT2D eigenvalue weighted by molar-refractivity contribution is -0.146. The first-order valence-electron chi connectivity index (χ1n) is 8.00. The molecule has 9 heteroatoms. The molecule has 1 aromatic carbocycles. The van der Waals surface area contributed by atoms with E-state index in [1.807, 2.05) is 0 Å². The van der Waals surface area contributed by atoms with Gasteiger partial charge in [-0.15, -0.1) is 0 Å². The van der Waals surface area contributed by atoms with Crippen molar-refractivity contribution in [1.29, 1.82) is 0 Å². The summed E-state index contributed by atoms with van der Waals surface area (Å²) in [7, 11) is 0. The predicted molar refractivity (Wildman–Crippen MR) is 83.0 cm³/mol. The number of esters is 1. The average Bonchev–Trinajstić information content (AvgIpc) is 3.41. The lowest BCUT2D eigenvalue weighted by atomic mass is 9.96. The number of urea groups is 1. The Labute approximate surface area is 147 Å². The maximum Gasteiger partial charge on any atom is 0.326 e. The van der Waals surface area contributed by atoms with Gasteiger partial charge in [0.1, 0.15) is 12.1 Å². The molecule has 0 aromatic heterocycles. The van der Waals surface area contributed by atoms with Gasteiger partial charge in [-0.05, 0) is 43.9 Å². The highest BCUT2D eigenvalue weighted by molar-refractivity contribution is 6.09. The summed E-state index contributed by atoms with van der Waals surface area (Å²) in [5.74, 6) is -4.44. The molecule has 1 N–H and O–H groups in total. The first kappa shape index (κ1) is 18.0. The van der Waals surface area contributed by atoms with Gasteiger partial charge in [-0.1, -0.05) is 0 Å². The number of ketones is 1. The van der Waals surface area contributed by atoms with E-state index in [2.05, 4.69) is 5.32 Å². The lowest BCUT2D eigenvalue weighted by Gasteiger charge is -2.20. The molecule has 138 valence electrons. The number of ether oxygens (including phenoxy) is 1. The molecule has 0 unspecified atom stereocenters. The van der Waals surface area contributed by atoms with Crippen LogP contribution in [0.1, 0.15) is 30.1 Å². The molecule has 3 amide bonds. The molecule has 0 spiro atoms. The molecular formula is C17H16F2N2O5. The van der Waals surface area contributed by atoms with Gasteiger partial charge in [0.05, 0.1) is 0 Å². The first-order chi connectivity index (χ1) is 12.2. The van der Waals surface area contributed by atoms with Crippen molar-refractivity contribution in [1.82, 2.24) is 10.2 Å². The second-order valence-electron chi connectivity index (χ2n) is 6.51. The van der Waals surface area contributed by atoms with Crippen LogP contribution in [0.2, 0.25) is 0 Å². The molecule has 2 aliphatic rings. The molecule has 1 aromatic rings. The van der Waals surface area contributed by atoms with E-state index in [1.54, 1.807) is 6.92 Å². The molecule has 0 radical (unpaired) electrons. The third-order valence-corrected chi connectivity index (χ3v) is 4.59. The number of hydrogen-bond donors (Lipinski definition) is 1. The summed E-state index contributed by atoms with van der Waals surface area (Å²) in [6.45, 7) is 0.272. The minimum atomic E-state index is -1.19. The van der Waals surface area contributed by atoms with E-state index >= 15 is 0 Å². The summed E-state index contributed by atoms with van der Waals surface area (Å²) >= 11 is 0. The molecular weight excluding hydrogens is 350 g/mol. The number of halogens is 2. The smallest absolute Gasteiger partial charge is 0.326 e. The van der Waals surface area contributed by atoms with Crippen LogP contribution in [0.25, 0.3) is 0 Å². The number of nitrogens with one attached hydrogen (secondary N) is 1. The molecule has 1 heterocycles. The molecule has 7 nitrogen and oxygen atoms in total. The number of carbonyl (C=O) groups is 4. The summed E-state index contributed by atoms with van der Waals surface area (Å²) < 4.78 is 30.7. The van der Waals surface area contributed by atoms with Gasteiger partial charge in [-0.25, -0.2) is 13.6 Å². The van der Waals surface area contributed by atoms with E-state index in [-0.39, 0.29) is 11.5 Å². The molecule has 1 saturated carbocycles. The fraction of sp³-hybridized carbons (Fsp3) is 0.412. The van der Waals surface area contributed by atoms with Gasteiger partial charge in [0.15, 0.2) is 24.0 Å². The molecule has 1 saturated heterocycles. The molecule has 1 aliphatic carbocycles. The van der Waals surface area contributed by atoms with Gasteiger partial charge in [-0.3, -0.25) is 19.3 Å². The molecule has 0 bridgehead atoms. The van der Waals surface area contributed by atoms with Crippen LogP contribution in [0.5, 0.6) is 0 Å². The zero-order chi connectivity index (χ0) is 19.1. The van der Waals surface area contributed by atoms with Crippen molar-refractivity contribution in [3.8, 4) is 0 Å². The molecule has 1 aliphatic heterocycles. The summed E-state index contributed by atoms with van der Waals surface area (Å²) in [5.41, 5.74) is -1.17. The Bertz CT molecular complexity index is 808. The van der Waals surface area contributed by atoms with Crippen molar-refractivity contribution in [3.63, 3.8) is 0 Å². The Morgan fingerprint density at radius 2 is 1.96 bits per heavy atom. The predicted octanol–water partition coefficient (Wildman–Crippen LogP) is 1.41. The number of benzene rings is 1. The van der Waals surface area contributed by atoms with E-state index in [0.29, 0.717) is 6.07 Å². The SMILES string of the molecule is C[C@]1(C2CC2)NC(=O)N(CC(=O)OCC(=O)c2ccc(F)c(F)c2)C1=O. The van der Waals surface area contributed by atoms with Crippen molar-refractivity contribution in [2.75, 3.05) is 13.2 Å². The van der Waals surface area contributed by atoms with Crippen molar-refractivity contribution in [2.24, 2.45) is 5.92 Å². The van der Waals surface area contributed by atoms with E-state index in [1.165, 1.54) is 0 Å². The standard InChI is InChI=1S/C17H16F2N2O5/c1-17(10-3-4-10)15(24)21(16(25)20-17)7-14(23)26-8-13(22)9-2-5-11(18)12(19)6-9/h2,5-6,10H,3-4,7-8H2,1H3,(H,20,25)/t17-/m1/s1. The topological polar surface area (TPSA) is 92.8 Å². The maximum atomic E-state index is 13.1. The normalized spacial score (nSPS) is 22.3. The van der Waals surface area contributed by atoms with Crippen LogP contribution in [0, 0.1) is 17.6 Å². The van der Waals surface area contributed by atoms with Gasteiger partial charge in [0.2, 0.25) is 0 Å². The van der Waals surface area contributed by atoms with Crippen molar-refractivity contribution < 1.29 is 32.7 Å². The van der Waals surface area contributed by atoms with Crippen LogP contribution in [0.3, 0.4) is 0 Å². The summed E-state index contributed by atoms with van der Waals surface area (Å²) in [6, 6.07) is 1.86. The number of Topliss-reactive ketones (excluding diaryl/α,β-unsaturated/α-hetero) is 1. The number of amides is 3. The quantitative estimate of drug-likeness (QED) is 0.467. The van der Waals surface area contributed by atoms with Gasteiger partial charge in [0.25, 0.3) is 5.91 Å². The van der Waals surface area contributed by atoms with E-state index < -0.39 is 54.0 Å². The van der Waals surface area contributed by atoms with Crippen molar-refractivity contribution >= 4 is 23.7 Å². The highest BCUT2D eigenvalue weighted by atomic mass is 19.2. The maximum absolute atomic E-state index is 13.1. The molecule has 1 atom stereocenters. The Morgan fingerprint density at radius 3 is 2.58 bits per heavy atom. The molecule has 2 fully saturated rings. The summed E-state index contributed by atoms with van der Waals surface area (Å²) in [6.07, 6.45) is 1.65. The van der Waals surface area contributed by atoms with E-state index in [0.717, 1.165) is 29.9 Å². The molecule has 3 rings (SSSR count). The van der Waals surface area contributed by atoms with Crippen LogP contribution in [0.4, 0.5) is 13.6 Å². The van der Waals surface area contributed by atoms with Crippen LogP contribution < -0.4 is 5.32 Å². The first-order valence-corrected chi connectivity index (χ1v) is 8.00. The number of imide groups is 1. The van der Waals surface area contributed by atoms with Gasteiger partial charge in [0, 0.05) is 5.56 Å². The van der Waals surface area contributed by atoms with E-state index in [4.69, 9.17) is 4.74 Å². The Hall–Kier alpha value is -2.84. The third-order valence-electron chi connectivity index (χ3n) is 4.59. The molecule has 26 heavy (non-hydrogen) atoms. The van der Waals surface area contributed by atoms with Gasteiger partial charge in [-0.2, -0.15) is 0 Å². The van der Waals surface area contributed by atoms with Crippen LogP contribution in [-0.2, 0) is 14.3 Å². The minimum absolute atomic E-state index is 0.0509. The summed E-state index contributed by atoms with van der Waals surface area (Å²) in [4.78, 5) is 48.8. The highest BCUT2D eigenvalue weighted by Crippen LogP contribution is 2.42. The highest BCUT2D eigenvalue weighted by Gasteiger charge is 2.56. The van der Waals surface area contributed by atoms with Gasteiger partial charge < -0.3 is 10.1 Å². The Kier molecular flexibility index (Phi) is 4.47. The Morgan fingerprint density at radius 1 is 1.27 bits per heavy atom. The zero-order valence-corrected chi connectivity index (χ0v) is 13.9. The Balaban J connectivity index is 1.55. The number of rotatable bonds is 6.